The largest absolute Gasteiger partial charge is 0.482 e. The first-order valence-electron chi connectivity index (χ1n) is 8.04. The lowest BCUT2D eigenvalue weighted by Gasteiger charge is -2.15. The van der Waals surface area contributed by atoms with Gasteiger partial charge in [0, 0.05) is 24.8 Å². The molecule has 0 fully saturated rings. The first kappa shape index (κ1) is 17.3. The maximum absolute atomic E-state index is 12.1. The lowest BCUT2D eigenvalue weighted by Crippen LogP contribution is -2.25. The fourth-order valence-electron chi connectivity index (χ4n) is 2.87. The number of carbonyl (C=O) groups is 2. The van der Waals surface area contributed by atoms with Crippen LogP contribution in [0.1, 0.15) is 18.1 Å². The molecule has 6 heteroatoms. The predicted molar refractivity (Wildman–Crippen MR) is 98.5 cm³/mol. The minimum absolute atomic E-state index is 0.0268. The predicted octanol–water partition coefficient (Wildman–Crippen LogP) is 3.57. The number of ether oxygens (including phenoxy) is 1. The fourth-order valence-corrected chi connectivity index (χ4v) is 3.04. The Hall–Kier alpha value is -2.53. The minimum Gasteiger partial charge on any atom is -0.482 e. The van der Waals surface area contributed by atoms with Gasteiger partial charge in [-0.1, -0.05) is 17.7 Å². The maximum Gasteiger partial charge on any atom is 0.262 e. The average Bonchev–Trinajstić information content (AvgIpc) is 2.99. The van der Waals surface area contributed by atoms with Crippen molar-refractivity contribution in [2.75, 3.05) is 23.4 Å². The van der Waals surface area contributed by atoms with Crippen LogP contribution in [0, 0.1) is 6.92 Å². The molecule has 130 valence electrons. The molecule has 0 spiro atoms. The molecule has 0 radical (unpaired) electrons. The third-order valence-electron chi connectivity index (χ3n) is 4.08. The molecule has 0 bridgehead atoms. The molecule has 0 unspecified atom stereocenters. The Labute approximate surface area is 151 Å². The lowest BCUT2D eigenvalue weighted by molar-refractivity contribution is -0.118. The van der Waals surface area contributed by atoms with Gasteiger partial charge in [-0.3, -0.25) is 9.59 Å². The number of benzene rings is 2. The van der Waals surface area contributed by atoms with E-state index < -0.39 is 0 Å². The van der Waals surface area contributed by atoms with Crippen molar-refractivity contribution < 1.29 is 14.3 Å². The summed E-state index contributed by atoms with van der Waals surface area (Å²) in [6.45, 7) is 4.04. The zero-order valence-corrected chi connectivity index (χ0v) is 14.9. The molecule has 25 heavy (non-hydrogen) atoms. The van der Waals surface area contributed by atoms with Gasteiger partial charge in [0.1, 0.15) is 5.75 Å². The Bertz CT molecular complexity index is 835. The number of amides is 2. The molecule has 1 aliphatic heterocycles. The standard InChI is InChI=1S/C19H19ClN2O3/c1-12-3-5-16(20)18(9-12)25-11-19(24)21-15-4-6-17-14(10-15)7-8-22(17)13(2)23/h3-6,9-10H,7-8,11H2,1-2H3,(H,21,24). The summed E-state index contributed by atoms with van der Waals surface area (Å²) < 4.78 is 5.50. The van der Waals surface area contributed by atoms with Crippen LogP contribution in [0.3, 0.4) is 0 Å². The summed E-state index contributed by atoms with van der Waals surface area (Å²) >= 11 is 6.05. The van der Waals surface area contributed by atoms with E-state index in [0.29, 0.717) is 23.0 Å². The van der Waals surface area contributed by atoms with E-state index in [9.17, 15) is 9.59 Å². The molecular formula is C19H19ClN2O3. The molecule has 5 nitrogen and oxygen atoms in total. The topological polar surface area (TPSA) is 58.6 Å². The number of hydrogen-bond donors (Lipinski definition) is 1. The van der Waals surface area contributed by atoms with Gasteiger partial charge in [0.15, 0.2) is 6.61 Å². The summed E-state index contributed by atoms with van der Waals surface area (Å²) in [5, 5.41) is 3.28. The van der Waals surface area contributed by atoms with Crippen LogP contribution in [0.5, 0.6) is 5.75 Å². The highest BCUT2D eigenvalue weighted by Gasteiger charge is 2.22. The van der Waals surface area contributed by atoms with E-state index in [1.54, 1.807) is 30.0 Å². The zero-order valence-electron chi connectivity index (χ0n) is 14.1. The van der Waals surface area contributed by atoms with Crippen molar-refractivity contribution in [1.82, 2.24) is 0 Å². The Kier molecular flexibility index (Phi) is 4.95. The molecule has 3 rings (SSSR count). The van der Waals surface area contributed by atoms with Gasteiger partial charge >= 0.3 is 0 Å². The summed E-state index contributed by atoms with van der Waals surface area (Å²) in [6, 6.07) is 11.0. The van der Waals surface area contributed by atoms with Gasteiger partial charge < -0.3 is 15.0 Å². The maximum atomic E-state index is 12.1. The lowest BCUT2D eigenvalue weighted by atomic mass is 10.1. The SMILES string of the molecule is CC(=O)N1CCc2cc(NC(=O)COc3cc(C)ccc3Cl)ccc21. The van der Waals surface area contributed by atoms with Crippen LogP contribution in [0.15, 0.2) is 36.4 Å². The van der Waals surface area contributed by atoms with Crippen LogP contribution in [0.2, 0.25) is 5.02 Å². The van der Waals surface area contributed by atoms with E-state index in [-0.39, 0.29) is 18.4 Å². The minimum atomic E-state index is -0.265. The van der Waals surface area contributed by atoms with Crippen molar-refractivity contribution in [1.29, 1.82) is 0 Å². The first-order valence-corrected chi connectivity index (χ1v) is 8.41. The molecule has 0 atom stereocenters. The van der Waals surface area contributed by atoms with Crippen LogP contribution < -0.4 is 15.0 Å². The van der Waals surface area contributed by atoms with Crippen molar-refractivity contribution in [2.24, 2.45) is 0 Å². The molecule has 0 aliphatic carbocycles. The third-order valence-corrected chi connectivity index (χ3v) is 4.40. The van der Waals surface area contributed by atoms with Crippen molar-refractivity contribution in [3.63, 3.8) is 0 Å². The van der Waals surface area contributed by atoms with E-state index in [4.69, 9.17) is 16.3 Å². The quantitative estimate of drug-likeness (QED) is 0.908. The number of nitrogens with one attached hydrogen (secondary N) is 1. The first-order chi connectivity index (χ1) is 11.9. The smallest absolute Gasteiger partial charge is 0.262 e. The Morgan fingerprint density at radius 1 is 1.24 bits per heavy atom. The van der Waals surface area contributed by atoms with Crippen molar-refractivity contribution in [3.05, 3.63) is 52.5 Å². The van der Waals surface area contributed by atoms with E-state index in [1.165, 1.54) is 0 Å². The zero-order chi connectivity index (χ0) is 18.0. The number of hydrogen-bond acceptors (Lipinski definition) is 3. The van der Waals surface area contributed by atoms with Crippen LogP contribution in [0.4, 0.5) is 11.4 Å². The van der Waals surface area contributed by atoms with Gasteiger partial charge in [-0.15, -0.1) is 0 Å². The van der Waals surface area contributed by atoms with E-state index in [0.717, 1.165) is 23.2 Å². The fraction of sp³-hybridized carbons (Fsp3) is 0.263. The molecule has 1 aliphatic rings. The molecule has 1 heterocycles. The average molecular weight is 359 g/mol. The molecule has 0 saturated carbocycles. The number of halogens is 1. The molecule has 0 saturated heterocycles. The molecule has 1 N–H and O–H groups in total. The van der Waals surface area contributed by atoms with Crippen LogP contribution in [-0.2, 0) is 16.0 Å². The molecule has 0 aromatic heterocycles. The number of aryl methyl sites for hydroxylation is 1. The van der Waals surface area contributed by atoms with Gasteiger partial charge in [-0.25, -0.2) is 0 Å². The Balaban J connectivity index is 1.62. The van der Waals surface area contributed by atoms with Crippen LogP contribution in [0.25, 0.3) is 0 Å². The van der Waals surface area contributed by atoms with Gasteiger partial charge in [0.05, 0.1) is 5.02 Å². The van der Waals surface area contributed by atoms with Crippen molar-refractivity contribution in [3.8, 4) is 5.75 Å². The third kappa shape index (κ3) is 3.94. The second-order valence-electron chi connectivity index (χ2n) is 6.03. The highest BCUT2D eigenvalue weighted by molar-refractivity contribution is 6.32. The Morgan fingerprint density at radius 3 is 2.80 bits per heavy atom. The molecular weight excluding hydrogens is 340 g/mol. The second kappa shape index (κ2) is 7.15. The number of nitrogens with zero attached hydrogens (tertiary/aromatic N) is 1. The number of anilines is 2. The van der Waals surface area contributed by atoms with Gasteiger partial charge in [-0.2, -0.15) is 0 Å². The number of carbonyl (C=O) groups excluding carboxylic acids is 2. The molecule has 2 aromatic rings. The van der Waals surface area contributed by atoms with Crippen LogP contribution in [-0.4, -0.2) is 25.0 Å². The molecule has 2 amide bonds. The summed E-state index contributed by atoms with van der Waals surface area (Å²) in [5.41, 5.74) is 3.66. The molecule has 2 aromatic carbocycles. The summed E-state index contributed by atoms with van der Waals surface area (Å²) in [6.07, 6.45) is 0.786. The van der Waals surface area contributed by atoms with Crippen LogP contribution >= 0.6 is 11.6 Å². The Morgan fingerprint density at radius 2 is 2.04 bits per heavy atom. The monoisotopic (exact) mass is 358 g/mol. The number of fused-ring (bicyclic) bond motifs is 1. The van der Waals surface area contributed by atoms with E-state index in [2.05, 4.69) is 5.32 Å². The summed E-state index contributed by atoms with van der Waals surface area (Å²) in [5.74, 6) is 0.251. The summed E-state index contributed by atoms with van der Waals surface area (Å²) in [4.78, 5) is 25.4. The highest BCUT2D eigenvalue weighted by atomic mass is 35.5. The van der Waals surface area contributed by atoms with E-state index >= 15 is 0 Å². The second-order valence-corrected chi connectivity index (χ2v) is 6.44. The van der Waals surface area contributed by atoms with E-state index in [1.807, 2.05) is 25.1 Å². The van der Waals surface area contributed by atoms with Crippen molar-refractivity contribution in [2.45, 2.75) is 20.3 Å². The number of rotatable bonds is 4. The van der Waals surface area contributed by atoms with Gasteiger partial charge in [-0.05, 0) is 54.8 Å². The van der Waals surface area contributed by atoms with Crippen molar-refractivity contribution >= 4 is 34.8 Å². The highest BCUT2D eigenvalue weighted by Crippen LogP contribution is 2.30. The van der Waals surface area contributed by atoms with Gasteiger partial charge in [0.25, 0.3) is 5.91 Å². The van der Waals surface area contributed by atoms with Gasteiger partial charge in [0.2, 0.25) is 5.91 Å². The normalized spacial score (nSPS) is 12.7. The summed E-state index contributed by atoms with van der Waals surface area (Å²) in [7, 11) is 0.